The van der Waals surface area contributed by atoms with Crippen LogP contribution in [0.1, 0.15) is 34.6 Å². The Morgan fingerprint density at radius 2 is 1.40 bits per heavy atom. The van der Waals surface area contributed by atoms with Crippen LogP contribution in [-0.4, -0.2) is 22.0 Å². The number of carbonyl (C=O) groups excluding carboxylic acids is 1. The van der Waals surface area contributed by atoms with E-state index in [1.165, 1.54) is 13.8 Å². The molecule has 0 aliphatic carbocycles. The average molecular weight is 214 g/mol. The van der Waals surface area contributed by atoms with Crippen molar-refractivity contribution in [1.29, 1.82) is 0 Å². The second-order valence-corrected chi connectivity index (χ2v) is 5.07. The summed E-state index contributed by atoms with van der Waals surface area (Å²) in [6.07, 6.45) is 0.994. The van der Waals surface area contributed by atoms with Crippen molar-refractivity contribution in [3.05, 3.63) is 11.8 Å². The van der Waals surface area contributed by atoms with Crippen molar-refractivity contribution in [2.45, 2.75) is 34.6 Å². The molecule has 0 amide bonds. The summed E-state index contributed by atoms with van der Waals surface area (Å²) in [5.74, 6) is -1.92. The molecule has 0 heterocycles. The van der Waals surface area contributed by atoms with Gasteiger partial charge in [-0.1, -0.05) is 20.8 Å². The van der Waals surface area contributed by atoms with E-state index in [0.29, 0.717) is 0 Å². The van der Waals surface area contributed by atoms with Crippen LogP contribution in [0.4, 0.5) is 0 Å². The van der Waals surface area contributed by atoms with Gasteiger partial charge in [0.25, 0.3) is 0 Å². The van der Waals surface area contributed by atoms with Crippen LogP contribution in [0.15, 0.2) is 11.8 Å². The van der Waals surface area contributed by atoms with Crippen LogP contribution in [0.25, 0.3) is 0 Å². The summed E-state index contributed by atoms with van der Waals surface area (Å²) >= 11 is 0. The Kier molecular flexibility index (Phi) is 3.69. The van der Waals surface area contributed by atoms with Crippen LogP contribution in [-0.2, 0) is 9.59 Å². The second kappa shape index (κ2) is 4.04. The molecular weight excluding hydrogens is 196 g/mol. The second-order valence-electron chi connectivity index (χ2n) is 5.07. The molecule has 86 valence electrons. The van der Waals surface area contributed by atoms with Gasteiger partial charge in [0.2, 0.25) is 0 Å². The maximum absolute atomic E-state index is 11.5. The van der Waals surface area contributed by atoms with Crippen molar-refractivity contribution in [3.8, 4) is 0 Å². The first-order chi connectivity index (χ1) is 6.49. The maximum Gasteiger partial charge on any atom is 0.316 e. The zero-order valence-electron chi connectivity index (χ0n) is 9.79. The van der Waals surface area contributed by atoms with Crippen molar-refractivity contribution >= 4 is 11.8 Å². The molecule has 0 saturated carbocycles. The van der Waals surface area contributed by atoms with Gasteiger partial charge >= 0.3 is 5.97 Å². The molecule has 0 atom stereocenters. The number of allylic oxidation sites excluding steroid dienone is 2. The highest BCUT2D eigenvalue weighted by Gasteiger charge is 2.35. The number of carboxylic acids is 1. The first kappa shape index (κ1) is 13.7. The van der Waals surface area contributed by atoms with Gasteiger partial charge < -0.3 is 10.2 Å². The predicted octanol–water partition coefficient (Wildman–Crippen LogP) is 2.15. The van der Waals surface area contributed by atoms with E-state index in [0.717, 1.165) is 6.08 Å². The number of carbonyl (C=O) groups is 2. The van der Waals surface area contributed by atoms with Crippen LogP contribution >= 0.6 is 0 Å². The topological polar surface area (TPSA) is 74.6 Å². The van der Waals surface area contributed by atoms with Gasteiger partial charge in [0, 0.05) is 11.5 Å². The maximum atomic E-state index is 11.5. The molecule has 0 saturated heterocycles. The zero-order valence-corrected chi connectivity index (χ0v) is 9.79. The molecule has 0 radical (unpaired) electrons. The first-order valence-corrected chi connectivity index (χ1v) is 4.68. The minimum absolute atomic E-state index is 0.109. The van der Waals surface area contributed by atoms with E-state index in [4.69, 9.17) is 5.11 Å². The Labute approximate surface area is 89.6 Å². The minimum atomic E-state index is -1.50. The van der Waals surface area contributed by atoms with E-state index in [-0.39, 0.29) is 5.76 Å². The van der Waals surface area contributed by atoms with E-state index in [9.17, 15) is 14.7 Å². The van der Waals surface area contributed by atoms with E-state index in [1.807, 2.05) is 0 Å². The van der Waals surface area contributed by atoms with Crippen LogP contribution in [0.3, 0.4) is 0 Å². The Morgan fingerprint density at radius 3 is 1.67 bits per heavy atom. The summed E-state index contributed by atoms with van der Waals surface area (Å²) < 4.78 is 0. The highest BCUT2D eigenvalue weighted by atomic mass is 16.4. The fourth-order valence-corrected chi connectivity index (χ4v) is 0.626. The number of hydrogen-bond donors (Lipinski definition) is 2. The van der Waals surface area contributed by atoms with Gasteiger partial charge in [-0.25, -0.2) is 0 Å². The molecule has 15 heavy (non-hydrogen) atoms. The number of aliphatic carboxylic acids is 1. The zero-order chi connectivity index (χ0) is 12.4. The predicted molar refractivity (Wildman–Crippen MR) is 56.6 cm³/mol. The lowest BCUT2D eigenvalue weighted by Crippen LogP contribution is -2.32. The summed E-state index contributed by atoms with van der Waals surface area (Å²) in [7, 11) is 0. The lowest BCUT2D eigenvalue weighted by Gasteiger charge is -2.20. The number of rotatable bonds is 3. The summed E-state index contributed by atoms with van der Waals surface area (Å²) in [4.78, 5) is 22.3. The number of aliphatic hydroxyl groups excluding tert-OH is 1. The SMILES string of the molecule is CC(C)(C)C(O)=CC(=O)C(C)(C)C(=O)O. The van der Waals surface area contributed by atoms with E-state index < -0.39 is 22.6 Å². The average Bonchev–Trinajstić information content (AvgIpc) is 2.01. The standard InChI is InChI=1S/C11H18O4/c1-10(2,3)7(12)6-8(13)11(4,5)9(14)15/h6,12H,1-5H3,(H,14,15). The molecule has 0 aromatic heterocycles. The van der Waals surface area contributed by atoms with Gasteiger partial charge in [0.15, 0.2) is 5.78 Å². The fraction of sp³-hybridized carbons (Fsp3) is 0.636. The molecule has 2 N–H and O–H groups in total. The third-order valence-corrected chi connectivity index (χ3v) is 2.19. The third-order valence-electron chi connectivity index (χ3n) is 2.19. The highest BCUT2D eigenvalue weighted by molar-refractivity contribution is 6.08. The molecule has 0 aliphatic rings. The van der Waals surface area contributed by atoms with E-state index >= 15 is 0 Å². The summed E-state index contributed by atoms with van der Waals surface area (Å²) in [6.45, 7) is 7.83. The molecule has 4 nitrogen and oxygen atoms in total. The highest BCUT2D eigenvalue weighted by Crippen LogP contribution is 2.25. The smallest absolute Gasteiger partial charge is 0.316 e. The fourth-order valence-electron chi connectivity index (χ4n) is 0.626. The Hall–Kier alpha value is -1.32. The van der Waals surface area contributed by atoms with Crippen molar-refractivity contribution in [2.24, 2.45) is 10.8 Å². The van der Waals surface area contributed by atoms with Crippen LogP contribution in [0, 0.1) is 10.8 Å². The molecule has 0 spiro atoms. The molecule has 0 fully saturated rings. The lowest BCUT2D eigenvalue weighted by atomic mass is 9.85. The van der Waals surface area contributed by atoms with Gasteiger partial charge in [0.1, 0.15) is 11.2 Å². The normalized spacial score (nSPS) is 13.8. The van der Waals surface area contributed by atoms with Gasteiger partial charge in [-0.15, -0.1) is 0 Å². The van der Waals surface area contributed by atoms with Crippen molar-refractivity contribution < 1.29 is 19.8 Å². The molecule has 0 unspecified atom stereocenters. The molecule has 0 aromatic carbocycles. The quantitative estimate of drug-likeness (QED) is 0.429. The molecular formula is C11H18O4. The number of ketones is 1. The molecule has 0 bridgehead atoms. The number of aliphatic hydroxyl groups is 1. The van der Waals surface area contributed by atoms with Crippen LogP contribution < -0.4 is 0 Å². The number of hydrogen-bond acceptors (Lipinski definition) is 3. The van der Waals surface area contributed by atoms with E-state index in [1.54, 1.807) is 20.8 Å². The van der Waals surface area contributed by atoms with Gasteiger partial charge in [-0.3, -0.25) is 9.59 Å². The first-order valence-electron chi connectivity index (χ1n) is 4.68. The molecule has 0 aromatic rings. The van der Waals surface area contributed by atoms with Gasteiger partial charge in [-0.05, 0) is 13.8 Å². The lowest BCUT2D eigenvalue weighted by molar-refractivity contribution is -0.151. The Morgan fingerprint density at radius 1 is 1.00 bits per heavy atom. The van der Waals surface area contributed by atoms with Gasteiger partial charge in [0.05, 0.1) is 0 Å². The van der Waals surface area contributed by atoms with Crippen LogP contribution in [0.2, 0.25) is 0 Å². The number of carboxylic acid groups (broad SMARTS) is 1. The monoisotopic (exact) mass is 214 g/mol. The third kappa shape index (κ3) is 3.38. The minimum Gasteiger partial charge on any atom is -0.512 e. The van der Waals surface area contributed by atoms with Gasteiger partial charge in [-0.2, -0.15) is 0 Å². The Bertz CT molecular complexity index is 305. The summed E-state index contributed by atoms with van der Waals surface area (Å²) in [5, 5.41) is 18.3. The molecule has 0 rings (SSSR count). The summed E-state index contributed by atoms with van der Waals surface area (Å²) in [6, 6.07) is 0. The molecule has 4 heteroatoms. The van der Waals surface area contributed by atoms with Crippen molar-refractivity contribution in [1.82, 2.24) is 0 Å². The largest absolute Gasteiger partial charge is 0.512 e. The Balaban J connectivity index is 5.01. The van der Waals surface area contributed by atoms with E-state index in [2.05, 4.69) is 0 Å². The van der Waals surface area contributed by atoms with Crippen molar-refractivity contribution in [3.63, 3.8) is 0 Å². The van der Waals surface area contributed by atoms with Crippen LogP contribution in [0.5, 0.6) is 0 Å². The van der Waals surface area contributed by atoms with Crippen molar-refractivity contribution in [2.75, 3.05) is 0 Å². The summed E-state index contributed by atoms with van der Waals surface area (Å²) in [5.41, 5.74) is -2.05. The molecule has 0 aliphatic heterocycles.